The molecule has 0 spiro atoms. The minimum Gasteiger partial charge on any atom is -0.507 e. The van der Waals surface area contributed by atoms with Crippen molar-refractivity contribution in [3.8, 4) is 5.75 Å². The first-order valence-electron chi connectivity index (χ1n) is 10.5. The summed E-state index contributed by atoms with van der Waals surface area (Å²) in [6, 6.07) is 13.6. The number of aliphatic hydroxyl groups excluding tert-OH is 1. The van der Waals surface area contributed by atoms with Gasteiger partial charge >= 0.3 is 0 Å². The molecule has 0 bridgehead atoms. The summed E-state index contributed by atoms with van der Waals surface area (Å²) in [7, 11) is 1.56. The lowest BCUT2D eigenvalue weighted by Gasteiger charge is -2.31. The van der Waals surface area contributed by atoms with Crippen molar-refractivity contribution in [3.63, 3.8) is 0 Å². The van der Waals surface area contributed by atoms with Crippen molar-refractivity contribution in [2.45, 2.75) is 6.04 Å². The Hall–Kier alpha value is -2.68. The SMILES string of the molecule is COc1ccc(C(O)=C2C(=O)C(=O)N(CCN3CCOCC3)[C@H]2c2ccc(Br)cc2)cc1. The van der Waals surface area contributed by atoms with Crippen LogP contribution in [-0.4, -0.2) is 73.1 Å². The number of carbonyl (C=O) groups is 2. The number of benzene rings is 2. The molecule has 1 N–H and O–H groups in total. The maximum absolute atomic E-state index is 13.1. The Morgan fingerprint density at radius 2 is 1.72 bits per heavy atom. The molecule has 0 aliphatic carbocycles. The molecule has 0 radical (unpaired) electrons. The van der Waals surface area contributed by atoms with E-state index in [-0.39, 0.29) is 11.3 Å². The van der Waals surface area contributed by atoms with Crippen LogP contribution in [0.2, 0.25) is 0 Å². The lowest BCUT2D eigenvalue weighted by molar-refractivity contribution is -0.140. The summed E-state index contributed by atoms with van der Waals surface area (Å²) in [6.45, 7) is 3.91. The fourth-order valence-electron chi connectivity index (χ4n) is 4.08. The third-order valence-corrected chi connectivity index (χ3v) is 6.38. The topological polar surface area (TPSA) is 79.3 Å². The highest BCUT2D eigenvalue weighted by molar-refractivity contribution is 9.10. The summed E-state index contributed by atoms with van der Waals surface area (Å²) in [6.07, 6.45) is 0. The van der Waals surface area contributed by atoms with Gasteiger partial charge in [0.15, 0.2) is 0 Å². The van der Waals surface area contributed by atoms with Gasteiger partial charge in [0, 0.05) is 36.2 Å². The molecule has 32 heavy (non-hydrogen) atoms. The van der Waals surface area contributed by atoms with Gasteiger partial charge in [0.2, 0.25) is 0 Å². The van der Waals surface area contributed by atoms with Crippen molar-refractivity contribution >= 4 is 33.4 Å². The highest BCUT2D eigenvalue weighted by Crippen LogP contribution is 2.39. The van der Waals surface area contributed by atoms with E-state index in [0.717, 1.165) is 23.1 Å². The Labute approximate surface area is 195 Å². The minimum absolute atomic E-state index is 0.101. The Morgan fingerprint density at radius 1 is 1.06 bits per heavy atom. The zero-order chi connectivity index (χ0) is 22.7. The number of Topliss-reactive ketones (excluding diaryl/α,β-unsaturated/α-hetero) is 1. The molecule has 0 aromatic heterocycles. The highest BCUT2D eigenvalue weighted by Gasteiger charge is 2.46. The normalized spacial score (nSPS) is 21.2. The third kappa shape index (κ3) is 4.57. The van der Waals surface area contributed by atoms with E-state index >= 15 is 0 Å². The average molecular weight is 501 g/mol. The highest BCUT2D eigenvalue weighted by atomic mass is 79.9. The van der Waals surface area contributed by atoms with E-state index in [1.807, 2.05) is 24.3 Å². The smallest absolute Gasteiger partial charge is 0.295 e. The second-order valence-corrected chi connectivity index (χ2v) is 8.64. The summed E-state index contributed by atoms with van der Waals surface area (Å²) in [5, 5.41) is 11.1. The first-order chi connectivity index (χ1) is 15.5. The Balaban J connectivity index is 1.71. The third-order valence-electron chi connectivity index (χ3n) is 5.85. The molecule has 2 aromatic carbocycles. The van der Waals surface area contributed by atoms with Crippen LogP contribution in [0.25, 0.3) is 5.76 Å². The molecular weight excluding hydrogens is 476 g/mol. The fourth-order valence-corrected chi connectivity index (χ4v) is 4.34. The van der Waals surface area contributed by atoms with E-state index in [9.17, 15) is 14.7 Å². The lowest BCUT2D eigenvalue weighted by atomic mass is 9.95. The van der Waals surface area contributed by atoms with Gasteiger partial charge in [-0.3, -0.25) is 14.5 Å². The number of aliphatic hydroxyl groups is 1. The number of likely N-dealkylation sites (tertiary alicyclic amines) is 1. The van der Waals surface area contributed by atoms with E-state index < -0.39 is 17.7 Å². The van der Waals surface area contributed by atoms with Gasteiger partial charge < -0.3 is 19.5 Å². The zero-order valence-electron chi connectivity index (χ0n) is 17.8. The summed E-state index contributed by atoms with van der Waals surface area (Å²) >= 11 is 3.43. The van der Waals surface area contributed by atoms with Gasteiger partial charge in [-0.05, 0) is 42.0 Å². The predicted molar refractivity (Wildman–Crippen MR) is 123 cm³/mol. The molecule has 2 aliphatic heterocycles. The zero-order valence-corrected chi connectivity index (χ0v) is 19.4. The van der Waals surface area contributed by atoms with Crippen molar-refractivity contribution in [3.05, 3.63) is 69.7 Å². The Kier molecular flexibility index (Phi) is 6.93. The summed E-state index contributed by atoms with van der Waals surface area (Å²) in [4.78, 5) is 29.9. The van der Waals surface area contributed by atoms with E-state index in [1.54, 1.807) is 36.3 Å². The maximum Gasteiger partial charge on any atom is 0.295 e. The molecule has 2 heterocycles. The molecule has 1 atom stereocenters. The predicted octanol–water partition coefficient (Wildman–Crippen LogP) is 3.21. The number of hydrogen-bond acceptors (Lipinski definition) is 6. The van der Waals surface area contributed by atoms with Crippen LogP contribution in [0.5, 0.6) is 5.75 Å². The molecule has 168 valence electrons. The summed E-state index contributed by atoms with van der Waals surface area (Å²) in [5.41, 5.74) is 1.33. The van der Waals surface area contributed by atoms with Gasteiger partial charge in [-0.15, -0.1) is 0 Å². The van der Waals surface area contributed by atoms with Crippen LogP contribution in [-0.2, 0) is 14.3 Å². The van der Waals surface area contributed by atoms with Crippen LogP contribution in [0.1, 0.15) is 17.2 Å². The standard InChI is InChI=1S/C24H25BrN2O5/c1-31-19-8-4-17(5-9-19)22(28)20-21(16-2-6-18(25)7-3-16)27(24(30)23(20)29)11-10-26-12-14-32-15-13-26/h2-9,21,28H,10-15H2,1H3/t21-/m0/s1. The van der Waals surface area contributed by atoms with Crippen LogP contribution in [0.15, 0.2) is 58.6 Å². The van der Waals surface area contributed by atoms with Crippen LogP contribution in [0.4, 0.5) is 0 Å². The van der Waals surface area contributed by atoms with Crippen LogP contribution in [0.3, 0.4) is 0 Å². The molecule has 0 unspecified atom stereocenters. The molecule has 2 saturated heterocycles. The van der Waals surface area contributed by atoms with Gasteiger partial charge in [-0.1, -0.05) is 28.1 Å². The molecule has 2 fully saturated rings. The van der Waals surface area contributed by atoms with E-state index in [0.29, 0.717) is 37.6 Å². The lowest BCUT2D eigenvalue weighted by Crippen LogP contribution is -2.42. The van der Waals surface area contributed by atoms with Gasteiger partial charge in [0.25, 0.3) is 11.7 Å². The van der Waals surface area contributed by atoms with E-state index in [4.69, 9.17) is 9.47 Å². The number of methoxy groups -OCH3 is 1. The number of hydrogen-bond donors (Lipinski definition) is 1. The molecule has 8 heteroatoms. The summed E-state index contributed by atoms with van der Waals surface area (Å²) < 4.78 is 11.5. The molecule has 2 aliphatic rings. The number of halogens is 1. The van der Waals surface area contributed by atoms with Crippen molar-refractivity contribution in [2.24, 2.45) is 0 Å². The number of carbonyl (C=O) groups excluding carboxylic acids is 2. The summed E-state index contributed by atoms with van der Waals surface area (Å²) in [5.74, 6) is -0.820. The maximum atomic E-state index is 13.1. The molecule has 2 aromatic rings. The van der Waals surface area contributed by atoms with Crippen LogP contribution < -0.4 is 4.74 Å². The van der Waals surface area contributed by atoms with E-state index in [1.165, 1.54) is 0 Å². The van der Waals surface area contributed by atoms with Crippen molar-refractivity contribution in [2.75, 3.05) is 46.5 Å². The Bertz CT molecular complexity index is 1010. The largest absolute Gasteiger partial charge is 0.507 e. The van der Waals surface area contributed by atoms with Crippen molar-refractivity contribution < 1.29 is 24.2 Å². The van der Waals surface area contributed by atoms with Crippen LogP contribution in [0, 0.1) is 0 Å². The number of amides is 1. The molecular formula is C24H25BrN2O5. The van der Waals surface area contributed by atoms with Crippen molar-refractivity contribution in [1.82, 2.24) is 9.80 Å². The number of morpholine rings is 1. The van der Waals surface area contributed by atoms with Gasteiger partial charge in [0.1, 0.15) is 11.5 Å². The molecule has 4 rings (SSSR count). The number of ether oxygens (including phenoxy) is 2. The second kappa shape index (κ2) is 9.85. The van der Waals surface area contributed by atoms with Gasteiger partial charge in [0.05, 0.1) is 31.9 Å². The van der Waals surface area contributed by atoms with Gasteiger partial charge in [-0.25, -0.2) is 0 Å². The quantitative estimate of drug-likeness (QED) is 0.372. The van der Waals surface area contributed by atoms with Crippen molar-refractivity contribution in [1.29, 1.82) is 0 Å². The number of nitrogens with zero attached hydrogens (tertiary/aromatic N) is 2. The molecule has 0 saturated carbocycles. The fraction of sp³-hybridized carbons (Fsp3) is 0.333. The molecule has 7 nitrogen and oxygen atoms in total. The van der Waals surface area contributed by atoms with Crippen LogP contribution >= 0.6 is 15.9 Å². The number of ketones is 1. The monoisotopic (exact) mass is 500 g/mol. The number of rotatable bonds is 6. The van der Waals surface area contributed by atoms with Gasteiger partial charge in [-0.2, -0.15) is 0 Å². The average Bonchev–Trinajstić information content (AvgIpc) is 3.08. The minimum atomic E-state index is -0.673. The second-order valence-electron chi connectivity index (χ2n) is 7.73. The first kappa shape index (κ1) is 22.5. The molecule has 1 amide bonds. The van der Waals surface area contributed by atoms with E-state index in [2.05, 4.69) is 20.8 Å². The Morgan fingerprint density at radius 3 is 2.34 bits per heavy atom. The first-order valence-corrected chi connectivity index (χ1v) is 11.3.